The highest BCUT2D eigenvalue weighted by atomic mass is 35.5. The van der Waals surface area contributed by atoms with E-state index in [0.717, 1.165) is 29.9 Å². The summed E-state index contributed by atoms with van der Waals surface area (Å²) in [6, 6.07) is 12.5. The monoisotopic (exact) mass is 262 g/mol. The normalized spacial score (nSPS) is 12.6. The summed E-state index contributed by atoms with van der Waals surface area (Å²) in [6.45, 7) is 4.26. The van der Waals surface area contributed by atoms with Crippen LogP contribution in [0, 0.1) is 0 Å². The molecular formula is C16H19ClO. The van der Waals surface area contributed by atoms with Gasteiger partial charge in [0.25, 0.3) is 0 Å². The summed E-state index contributed by atoms with van der Waals surface area (Å²) in [4.78, 5) is 0. The molecule has 1 unspecified atom stereocenters. The molecular weight excluding hydrogens is 244 g/mol. The zero-order chi connectivity index (χ0) is 13.0. The largest absolute Gasteiger partial charge is 0.464 e. The summed E-state index contributed by atoms with van der Waals surface area (Å²) < 4.78 is 5.69. The smallest absolute Gasteiger partial charge is 0.126 e. The topological polar surface area (TPSA) is 13.1 Å². The van der Waals surface area contributed by atoms with Gasteiger partial charge in [-0.3, -0.25) is 0 Å². The Morgan fingerprint density at radius 3 is 2.33 bits per heavy atom. The number of benzene rings is 1. The van der Waals surface area contributed by atoms with Gasteiger partial charge in [0.1, 0.15) is 16.9 Å². The lowest BCUT2D eigenvalue weighted by Gasteiger charge is -2.08. The van der Waals surface area contributed by atoms with Crippen LogP contribution in [0.4, 0.5) is 0 Å². The molecule has 0 bridgehead atoms. The molecule has 2 aromatic rings. The average Bonchev–Trinajstić information content (AvgIpc) is 2.88. The van der Waals surface area contributed by atoms with Crippen LogP contribution in [-0.2, 0) is 12.8 Å². The molecule has 0 amide bonds. The quantitative estimate of drug-likeness (QED) is 0.682. The molecule has 0 aliphatic heterocycles. The van der Waals surface area contributed by atoms with Crippen molar-refractivity contribution < 1.29 is 4.42 Å². The fourth-order valence-electron chi connectivity index (χ4n) is 2.03. The summed E-state index contributed by atoms with van der Waals surface area (Å²) in [5.74, 6) is 1.81. The molecule has 2 heteroatoms. The first kappa shape index (κ1) is 13.2. The van der Waals surface area contributed by atoms with Crippen LogP contribution < -0.4 is 0 Å². The Balaban J connectivity index is 2.14. The van der Waals surface area contributed by atoms with Gasteiger partial charge in [-0.2, -0.15) is 0 Å². The summed E-state index contributed by atoms with van der Waals surface area (Å²) >= 11 is 6.44. The van der Waals surface area contributed by atoms with Crippen molar-refractivity contribution >= 4 is 11.6 Å². The molecule has 18 heavy (non-hydrogen) atoms. The van der Waals surface area contributed by atoms with E-state index >= 15 is 0 Å². The van der Waals surface area contributed by atoms with Crippen LogP contribution in [0.3, 0.4) is 0 Å². The van der Waals surface area contributed by atoms with E-state index < -0.39 is 0 Å². The van der Waals surface area contributed by atoms with Crippen LogP contribution >= 0.6 is 11.6 Å². The predicted octanol–water partition coefficient (Wildman–Crippen LogP) is 5.12. The lowest BCUT2D eigenvalue weighted by molar-refractivity contribution is 0.474. The van der Waals surface area contributed by atoms with Gasteiger partial charge in [0.05, 0.1) is 0 Å². The fraction of sp³-hybridized carbons (Fsp3) is 0.375. The van der Waals surface area contributed by atoms with Crippen molar-refractivity contribution in [1.29, 1.82) is 0 Å². The zero-order valence-electron chi connectivity index (χ0n) is 10.9. The first-order valence-corrected chi connectivity index (χ1v) is 6.99. The van der Waals surface area contributed by atoms with Gasteiger partial charge < -0.3 is 4.42 Å². The Morgan fingerprint density at radius 2 is 1.78 bits per heavy atom. The molecule has 1 heterocycles. The minimum atomic E-state index is -0.194. The van der Waals surface area contributed by atoms with Crippen LogP contribution in [0.2, 0.25) is 0 Å². The summed E-state index contributed by atoms with van der Waals surface area (Å²) in [6.07, 6.45) is 3.19. The van der Waals surface area contributed by atoms with E-state index in [1.165, 1.54) is 12.0 Å². The van der Waals surface area contributed by atoms with Crippen molar-refractivity contribution in [1.82, 2.24) is 0 Å². The second-order valence-electron chi connectivity index (χ2n) is 4.51. The van der Waals surface area contributed by atoms with Crippen LogP contribution in [0.5, 0.6) is 0 Å². The van der Waals surface area contributed by atoms with Crippen LogP contribution in [0.25, 0.3) is 0 Å². The van der Waals surface area contributed by atoms with Crippen LogP contribution in [0.1, 0.15) is 48.3 Å². The molecule has 0 aliphatic carbocycles. The number of furan rings is 1. The van der Waals surface area contributed by atoms with Gasteiger partial charge in [0.2, 0.25) is 0 Å². The van der Waals surface area contributed by atoms with Crippen molar-refractivity contribution in [3.8, 4) is 0 Å². The molecule has 0 radical (unpaired) electrons. The molecule has 0 saturated carbocycles. The lowest BCUT2D eigenvalue weighted by atomic mass is 10.0. The SMILES string of the molecule is CCCc1ccc(C(Cl)c2ccc(CC)o2)cc1. The van der Waals surface area contributed by atoms with Gasteiger partial charge in [0.15, 0.2) is 0 Å². The van der Waals surface area contributed by atoms with E-state index in [4.69, 9.17) is 16.0 Å². The highest BCUT2D eigenvalue weighted by molar-refractivity contribution is 6.22. The summed E-state index contributed by atoms with van der Waals surface area (Å²) in [5.41, 5.74) is 2.45. The third kappa shape index (κ3) is 2.97. The Kier molecular flexibility index (Phi) is 4.48. The minimum Gasteiger partial charge on any atom is -0.464 e. The van der Waals surface area contributed by atoms with E-state index in [-0.39, 0.29) is 5.38 Å². The molecule has 0 N–H and O–H groups in total. The van der Waals surface area contributed by atoms with Crippen molar-refractivity contribution in [2.45, 2.75) is 38.5 Å². The summed E-state index contributed by atoms with van der Waals surface area (Å²) in [5, 5.41) is -0.194. The minimum absolute atomic E-state index is 0.194. The predicted molar refractivity (Wildman–Crippen MR) is 76.2 cm³/mol. The maximum Gasteiger partial charge on any atom is 0.126 e. The van der Waals surface area contributed by atoms with Gasteiger partial charge in [-0.15, -0.1) is 11.6 Å². The summed E-state index contributed by atoms with van der Waals surface area (Å²) in [7, 11) is 0. The number of aryl methyl sites for hydroxylation is 2. The zero-order valence-corrected chi connectivity index (χ0v) is 11.7. The highest BCUT2D eigenvalue weighted by Crippen LogP contribution is 2.30. The third-order valence-corrected chi connectivity index (χ3v) is 3.56. The molecule has 0 fully saturated rings. The lowest BCUT2D eigenvalue weighted by Crippen LogP contribution is -1.92. The first-order chi connectivity index (χ1) is 8.74. The molecule has 1 aromatic carbocycles. The van der Waals surface area contributed by atoms with E-state index in [0.29, 0.717) is 0 Å². The number of hydrogen-bond acceptors (Lipinski definition) is 1. The van der Waals surface area contributed by atoms with Gasteiger partial charge in [-0.1, -0.05) is 44.5 Å². The Labute approximate surface area is 114 Å². The number of halogens is 1. The maximum atomic E-state index is 6.44. The van der Waals surface area contributed by atoms with E-state index in [1.54, 1.807) is 0 Å². The average molecular weight is 263 g/mol. The molecule has 0 saturated heterocycles. The molecule has 96 valence electrons. The second-order valence-corrected chi connectivity index (χ2v) is 4.95. The number of rotatable bonds is 5. The van der Waals surface area contributed by atoms with Gasteiger partial charge >= 0.3 is 0 Å². The maximum absolute atomic E-state index is 6.44. The highest BCUT2D eigenvalue weighted by Gasteiger charge is 2.14. The van der Waals surface area contributed by atoms with Crippen LogP contribution in [-0.4, -0.2) is 0 Å². The van der Waals surface area contributed by atoms with Crippen LogP contribution in [0.15, 0.2) is 40.8 Å². The van der Waals surface area contributed by atoms with E-state index in [9.17, 15) is 0 Å². The molecule has 1 aromatic heterocycles. The third-order valence-electron chi connectivity index (χ3n) is 3.09. The van der Waals surface area contributed by atoms with E-state index in [1.807, 2.05) is 12.1 Å². The van der Waals surface area contributed by atoms with Crippen molar-refractivity contribution in [2.24, 2.45) is 0 Å². The van der Waals surface area contributed by atoms with Crippen molar-refractivity contribution in [3.63, 3.8) is 0 Å². The van der Waals surface area contributed by atoms with Crippen molar-refractivity contribution in [3.05, 3.63) is 59.0 Å². The molecule has 0 aliphatic rings. The standard InChI is InChI=1S/C16H19ClO/c1-3-5-12-6-8-13(9-7-12)16(17)15-11-10-14(4-2)18-15/h6-11,16H,3-5H2,1-2H3. The Morgan fingerprint density at radius 1 is 1.06 bits per heavy atom. The van der Waals surface area contributed by atoms with Crippen molar-refractivity contribution in [2.75, 3.05) is 0 Å². The van der Waals surface area contributed by atoms with Gasteiger partial charge in [0, 0.05) is 6.42 Å². The molecule has 1 nitrogen and oxygen atoms in total. The molecule has 0 spiro atoms. The van der Waals surface area contributed by atoms with Gasteiger partial charge in [-0.25, -0.2) is 0 Å². The number of hydrogen-bond donors (Lipinski definition) is 0. The van der Waals surface area contributed by atoms with E-state index in [2.05, 4.69) is 38.1 Å². The van der Waals surface area contributed by atoms with Gasteiger partial charge in [-0.05, 0) is 29.7 Å². The Hall–Kier alpha value is -1.21. The molecule has 1 atom stereocenters. The molecule has 2 rings (SSSR count). The number of alkyl halides is 1. The fourth-order valence-corrected chi connectivity index (χ4v) is 2.29. The first-order valence-electron chi connectivity index (χ1n) is 6.56. The Bertz CT molecular complexity index is 484. The second kappa shape index (κ2) is 6.10.